The Morgan fingerprint density at radius 2 is 2.29 bits per heavy atom. The normalized spacial score (nSPS) is 25.4. The fourth-order valence-corrected chi connectivity index (χ4v) is 3.12. The molecule has 1 aliphatic rings. The van der Waals surface area contributed by atoms with E-state index in [0.29, 0.717) is 5.92 Å². The van der Waals surface area contributed by atoms with Crippen molar-refractivity contribution in [2.24, 2.45) is 5.92 Å². The summed E-state index contributed by atoms with van der Waals surface area (Å²) in [5.41, 5.74) is 1.26. The van der Waals surface area contributed by atoms with E-state index in [0.717, 1.165) is 25.3 Å². The summed E-state index contributed by atoms with van der Waals surface area (Å²) in [6.07, 6.45) is 1.32. The first-order valence-electron chi connectivity index (χ1n) is 6.24. The Balaban J connectivity index is 2.14. The summed E-state index contributed by atoms with van der Waals surface area (Å²) in [6, 6.07) is 0. The molecule has 0 bridgehead atoms. The number of hydrogen-bond acceptors (Lipinski definition) is 4. The van der Waals surface area contributed by atoms with Crippen molar-refractivity contribution in [3.63, 3.8) is 0 Å². The van der Waals surface area contributed by atoms with Gasteiger partial charge in [-0.2, -0.15) is 0 Å². The predicted octanol–water partition coefficient (Wildman–Crippen LogP) is 2.74. The number of aromatic nitrogens is 1. The number of rotatable bonds is 3. The van der Waals surface area contributed by atoms with Gasteiger partial charge < -0.3 is 10.1 Å². The van der Waals surface area contributed by atoms with E-state index in [1.807, 2.05) is 7.05 Å². The highest BCUT2D eigenvalue weighted by atomic mass is 32.1. The van der Waals surface area contributed by atoms with E-state index in [1.165, 1.54) is 5.01 Å². The Kier molecular flexibility index (Phi) is 3.85. The number of nitrogens with one attached hydrogen (secondary N) is 1. The van der Waals surface area contributed by atoms with Crippen LogP contribution in [0, 0.1) is 5.92 Å². The second kappa shape index (κ2) is 5.04. The highest BCUT2D eigenvalue weighted by Crippen LogP contribution is 2.36. The lowest BCUT2D eigenvalue weighted by molar-refractivity contribution is 0.0878. The van der Waals surface area contributed by atoms with Gasteiger partial charge in [-0.3, -0.25) is 0 Å². The van der Waals surface area contributed by atoms with Crippen molar-refractivity contribution in [1.82, 2.24) is 10.3 Å². The zero-order valence-electron chi connectivity index (χ0n) is 11.1. The van der Waals surface area contributed by atoms with E-state index in [-0.39, 0.29) is 11.5 Å². The maximum absolute atomic E-state index is 5.83. The van der Waals surface area contributed by atoms with Gasteiger partial charge in [0.05, 0.1) is 10.7 Å². The quantitative estimate of drug-likeness (QED) is 0.900. The second-order valence-electron chi connectivity index (χ2n) is 5.73. The van der Waals surface area contributed by atoms with Gasteiger partial charge in [-0.1, -0.05) is 20.8 Å². The van der Waals surface area contributed by atoms with Crippen LogP contribution in [0.15, 0.2) is 5.38 Å². The number of ether oxygens (including phenoxy) is 1. The van der Waals surface area contributed by atoms with Crippen LogP contribution in [0.25, 0.3) is 0 Å². The molecule has 0 spiro atoms. The van der Waals surface area contributed by atoms with E-state index in [2.05, 4.69) is 31.5 Å². The molecule has 0 saturated carbocycles. The molecule has 0 aromatic carbocycles. The standard InChI is InChI=1S/C13H22N2OS/c1-13(2,3)12-15-10(8-17-12)11-9(7-14-4)5-6-16-11/h8-9,11,14H,5-7H2,1-4H3. The molecule has 2 unspecified atom stereocenters. The fraction of sp³-hybridized carbons (Fsp3) is 0.769. The molecule has 4 heteroatoms. The molecule has 1 aliphatic heterocycles. The molecule has 96 valence electrons. The number of nitrogens with zero attached hydrogens (tertiary/aromatic N) is 1. The van der Waals surface area contributed by atoms with Gasteiger partial charge in [0.25, 0.3) is 0 Å². The second-order valence-corrected chi connectivity index (χ2v) is 6.58. The van der Waals surface area contributed by atoms with Gasteiger partial charge in [0, 0.05) is 29.9 Å². The summed E-state index contributed by atoms with van der Waals surface area (Å²) in [7, 11) is 2.00. The highest BCUT2D eigenvalue weighted by Gasteiger charge is 2.31. The molecule has 17 heavy (non-hydrogen) atoms. The zero-order chi connectivity index (χ0) is 12.5. The number of thiazole rings is 1. The lowest BCUT2D eigenvalue weighted by Crippen LogP contribution is -2.22. The molecule has 1 fully saturated rings. The van der Waals surface area contributed by atoms with Gasteiger partial charge in [0.1, 0.15) is 6.10 Å². The summed E-state index contributed by atoms with van der Waals surface area (Å²) < 4.78 is 5.83. The van der Waals surface area contributed by atoms with Crippen LogP contribution in [0.1, 0.15) is 44.0 Å². The van der Waals surface area contributed by atoms with Crippen LogP contribution < -0.4 is 5.32 Å². The zero-order valence-corrected chi connectivity index (χ0v) is 11.9. The van der Waals surface area contributed by atoms with E-state index >= 15 is 0 Å². The van der Waals surface area contributed by atoms with Crippen molar-refractivity contribution in [2.45, 2.75) is 38.7 Å². The van der Waals surface area contributed by atoms with Crippen LogP contribution in [-0.4, -0.2) is 25.2 Å². The summed E-state index contributed by atoms with van der Waals surface area (Å²) >= 11 is 1.75. The lowest BCUT2D eigenvalue weighted by Gasteiger charge is -2.17. The summed E-state index contributed by atoms with van der Waals surface area (Å²) in [5, 5.41) is 6.61. The first-order valence-corrected chi connectivity index (χ1v) is 7.12. The van der Waals surface area contributed by atoms with Gasteiger partial charge >= 0.3 is 0 Å². The molecule has 0 radical (unpaired) electrons. The van der Waals surface area contributed by atoms with E-state index in [9.17, 15) is 0 Å². The molecule has 1 aromatic rings. The average molecular weight is 254 g/mol. The first-order chi connectivity index (χ1) is 8.02. The van der Waals surface area contributed by atoms with Crippen LogP contribution >= 0.6 is 11.3 Å². The third kappa shape index (κ3) is 2.87. The van der Waals surface area contributed by atoms with Crippen LogP contribution in [0.4, 0.5) is 0 Å². The summed E-state index contributed by atoms with van der Waals surface area (Å²) in [4.78, 5) is 4.76. The number of hydrogen-bond donors (Lipinski definition) is 1. The Bertz CT molecular complexity index is 370. The molecule has 1 saturated heterocycles. The Morgan fingerprint density at radius 3 is 2.88 bits per heavy atom. The molecular weight excluding hydrogens is 232 g/mol. The summed E-state index contributed by atoms with van der Waals surface area (Å²) in [6.45, 7) is 8.48. The highest BCUT2D eigenvalue weighted by molar-refractivity contribution is 7.09. The molecule has 2 atom stereocenters. The minimum absolute atomic E-state index is 0.139. The maximum Gasteiger partial charge on any atom is 0.104 e. The van der Waals surface area contributed by atoms with E-state index in [4.69, 9.17) is 9.72 Å². The minimum Gasteiger partial charge on any atom is -0.372 e. The van der Waals surface area contributed by atoms with Crippen molar-refractivity contribution in [1.29, 1.82) is 0 Å². The lowest BCUT2D eigenvalue weighted by atomic mass is 9.97. The fourth-order valence-electron chi connectivity index (χ4n) is 2.19. The van der Waals surface area contributed by atoms with Crippen molar-refractivity contribution >= 4 is 11.3 Å². The predicted molar refractivity (Wildman–Crippen MR) is 71.5 cm³/mol. The molecule has 0 amide bonds. The maximum atomic E-state index is 5.83. The van der Waals surface area contributed by atoms with Crippen LogP contribution in [-0.2, 0) is 10.2 Å². The topological polar surface area (TPSA) is 34.1 Å². The van der Waals surface area contributed by atoms with Gasteiger partial charge in [0.15, 0.2) is 0 Å². The van der Waals surface area contributed by atoms with Crippen molar-refractivity contribution in [3.05, 3.63) is 16.1 Å². The monoisotopic (exact) mass is 254 g/mol. The third-order valence-corrected chi connectivity index (χ3v) is 4.42. The van der Waals surface area contributed by atoms with Gasteiger partial charge in [-0.05, 0) is 13.5 Å². The third-order valence-electron chi connectivity index (χ3n) is 3.14. The van der Waals surface area contributed by atoms with Crippen LogP contribution in [0.3, 0.4) is 0 Å². The Morgan fingerprint density at radius 1 is 1.53 bits per heavy atom. The largest absolute Gasteiger partial charge is 0.372 e. The Labute approximate surface area is 108 Å². The van der Waals surface area contributed by atoms with Gasteiger partial charge in [0.2, 0.25) is 0 Å². The van der Waals surface area contributed by atoms with Crippen molar-refractivity contribution in [2.75, 3.05) is 20.2 Å². The molecule has 3 nitrogen and oxygen atoms in total. The van der Waals surface area contributed by atoms with Crippen LogP contribution in [0.2, 0.25) is 0 Å². The van der Waals surface area contributed by atoms with Crippen LogP contribution in [0.5, 0.6) is 0 Å². The SMILES string of the molecule is CNCC1CCOC1c1csc(C(C)(C)C)n1. The molecular formula is C13H22N2OS. The minimum atomic E-state index is 0.139. The molecule has 1 N–H and O–H groups in total. The average Bonchev–Trinajstić information content (AvgIpc) is 2.82. The molecule has 0 aliphatic carbocycles. The van der Waals surface area contributed by atoms with E-state index in [1.54, 1.807) is 11.3 Å². The molecule has 2 rings (SSSR count). The van der Waals surface area contributed by atoms with Crippen molar-refractivity contribution < 1.29 is 4.74 Å². The Hall–Kier alpha value is -0.450. The molecule has 2 heterocycles. The smallest absolute Gasteiger partial charge is 0.104 e. The van der Waals surface area contributed by atoms with Gasteiger partial charge in [-0.25, -0.2) is 4.98 Å². The first kappa shape index (κ1) is 13.0. The van der Waals surface area contributed by atoms with Gasteiger partial charge in [-0.15, -0.1) is 11.3 Å². The summed E-state index contributed by atoms with van der Waals surface area (Å²) in [5.74, 6) is 0.565. The molecule has 1 aromatic heterocycles. The van der Waals surface area contributed by atoms with E-state index < -0.39 is 0 Å². The van der Waals surface area contributed by atoms with Crippen molar-refractivity contribution in [3.8, 4) is 0 Å².